The summed E-state index contributed by atoms with van der Waals surface area (Å²) in [5.41, 5.74) is -0.900. The topological polar surface area (TPSA) is 23.1 Å². The monoisotopic (exact) mass is 157 g/mol. The number of hydrogen-bond acceptors (Lipinski definition) is 1. The molecule has 11 heavy (non-hydrogen) atoms. The quantitative estimate of drug-likeness (QED) is 0.602. The van der Waals surface area contributed by atoms with Crippen LogP contribution >= 0.6 is 0 Å². The van der Waals surface area contributed by atoms with Gasteiger partial charge in [-0.05, 0) is 5.41 Å². The largest absolute Gasteiger partial charge is 0.849 e. The van der Waals surface area contributed by atoms with Gasteiger partial charge in [0, 0.05) is 0 Å². The summed E-state index contributed by atoms with van der Waals surface area (Å²) in [5.74, 6) is 0.215. The molecule has 0 spiro atoms. The molecule has 0 aliphatic heterocycles. The molecule has 0 radical (unpaired) electrons. The minimum absolute atomic E-state index is 0.129. The fourth-order valence-electron chi connectivity index (χ4n) is 1.80. The number of rotatable bonds is 2. The van der Waals surface area contributed by atoms with E-state index in [1.165, 1.54) is 0 Å². The molecule has 1 unspecified atom stereocenters. The van der Waals surface area contributed by atoms with Crippen molar-refractivity contribution in [2.75, 3.05) is 0 Å². The molecule has 0 fully saturated rings. The molecule has 0 rings (SSSR count). The maximum Gasteiger partial charge on any atom is -0.0477 e. The highest BCUT2D eigenvalue weighted by Gasteiger charge is 2.31. The van der Waals surface area contributed by atoms with Gasteiger partial charge < -0.3 is 5.11 Å². The maximum atomic E-state index is 12.2. The molecular weight excluding hydrogens is 136 g/mol. The highest BCUT2D eigenvalue weighted by atomic mass is 16.3. The zero-order chi connectivity index (χ0) is 9.28. The molecule has 1 atom stereocenters. The first-order valence-electron chi connectivity index (χ1n) is 4.46. The van der Waals surface area contributed by atoms with Crippen molar-refractivity contribution in [1.82, 2.24) is 0 Å². The second-order valence-electron chi connectivity index (χ2n) is 4.65. The average Bonchev–Trinajstić information content (AvgIpc) is 1.83. The Morgan fingerprint density at radius 1 is 1.18 bits per heavy atom. The van der Waals surface area contributed by atoms with Gasteiger partial charge in [0.25, 0.3) is 0 Å². The average molecular weight is 157 g/mol. The van der Waals surface area contributed by atoms with Gasteiger partial charge in [-0.15, -0.1) is 5.60 Å². The summed E-state index contributed by atoms with van der Waals surface area (Å²) in [4.78, 5) is 0. The van der Waals surface area contributed by atoms with Crippen LogP contribution in [0.15, 0.2) is 0 Å². The lowest BCUT2D eigenvalue weighted by atomic mass is 9.68. The summed E-state index contributed by atoms with van der Waals surface area (Å²) in [6.45, 7) is 12.1. The van der Waals surface area contributed by atoms with Crippen molar-refractivity contribution in [1.29, 1.82) is 0 Å². The molecule has 1 heteroatoms. The minimum Gasteiger partial charge on any atom is -0.849 e. The van der Waals surface area contributed by atoms with Gasteiger partial charge in [-0.2, -0.15) is 0 Å². The first-order valence-corrected chi connectivity index (χ1v) is 4.46. The van der Waals surface area contributed by atoms with Crippen LogP contribution in [0.25, 0.3) is 0 Å². The predicted octanol–water partition coefficient (Wildman–Crippen LogP) is 2.20. The van der Waals surface area contributed by atoms with Gasteiger partial charge in [0.2, 0.25) is 0 Å². The van der Waals surface area contributed by atoms with Gasteiger partial charge in [0.15, 0.2) is 0 Å². The van der Waals surface area contributed by atoms with Crippen molar-refractivity contribution in [3.8, 4) is 0 Å². The van der Waals surface area contributed by atoms with Gasteiger partial charge in [-0.1, -0.05) is 53.9 Å². The molecule has 0 bridgehead atoms. The zero-order valence-corrected chi connectivity index (χ0v) is 8.69. The van der Waals surface area contributed by atoms with Gasteiger partial charge >= 0.3 is 0 Å². The van der Waals surface area contributed by atoms with E-state index in [0.717, 1.165) is 0 Å². The molecule has 0 saturated carbocycles. The fourth-order valence-corrected chi connectivity index (χ4v) is 1.80. The Morgan fingerprint density at radius 3 is 1.55 bits per heavy atom. The highest BCUT2D eigenvalue weighted by Crippen LogP contribution is 2.36. The molecule has 0 aromatic heterocycles. The Morgan fingerprint density at radius 2 is 1.55 bits per heavy atom. The molecule has 0 aromatic rings. The third kappa shape index (κ3) is 1.96. The van der Waals surface area contributed by atoms with Crippen molar-refractivity contribution in [3.05, 3.63) is 0 Å². The van der Waals surface area contributed by atoms with Crippen LogP contribution in [0.5, 0.6) is 0 Å². The van der Waals surface area contributed by atoms with E-state index in [0.29, 0.717) is 6.42 Å². The second-order valence-corrected chi connectivity index (χ2v) is 4.65. The molecule has 68 valence electrons. The summed E-state index contributed by atoms with van der Waals surface area (Å²) in [5, 5.41) is 12.2. The lowest BCUT2D eigenvalue weighted by Crippen LogP contribution is -2.57. The van der Waals surface area contributed by atoms with Gasteiger partial charge in [0.05, 0.1) is 0 Å². The van der Waals surface area contributed by atoms with E-state index >= 15 is 0 Å². The third-order valence-corrected chi connectivity index (χ3v) is 2.73. The third-order valence-electron chi connectivity index (χ3n) is 2.73. The van der Waals surface area contributed by atoms with Crippen molar-refractivity contribution >= 4 is 0 Å². The summed E-state index contributed by atoms with van der Waals surface area (Å²) in [6, 6.07) is 0. The summed E-state index contributed by atoms with van der Waals surface area (Å²) < 4.78 is 0. The van der Waals surface area contributed by atoms with Crippen LogP contribution in [-0.2, 0) is 0 Å². The van der Waals surface area contributed by atoms with E-state index in [1.54, 1.807) is 0 Å². The Labute approximate surface area is 70.8 Å². The smallest absolute Gasteiger partial charge is 0.0477 e. The summed E-state index contributed by atoms with van der Waals surface area (Å²) >= 11 is 0. The molecule has 0 aliphatic rings. The number of hydrogen-bond donors (Lipinski definition) is 0. The first kappa shape index (κ1) is 11.0. The van der Waals surface area contributed by atoms with Gasteiger partial charge in [-0.25, -0.2) is 0 Å². The zero-order valence-electron chi connectivity index (χ0n) is 8.69. The van der Waals surface area contributed by atoms with Crippen LogP contribution in [0.3, 0.4) is 0 Å². The molecule has 0 heterocycles. The maximum absolute atomic E-state index is 12.2. The van der Waals surface area contributed by atoms with Crippen LogP contribution < -0.4 is 5.11 Å². The summed E-state index contributed by atoms with van der Waals surface area (Å²) in [7, 11) is 0. The normalized spacial score (nSPS) is 18.5. The second kappa shape index (κ2) is 3.14. The molecular formula is C10H21O-. The van der Waals surface area contributed by atoms with Gasteiger partial charge in [0.1, 0.15) is 0 Å². The Bertz CT molecular complexity index is 121. The highest BCUT2D eigenvalue weighted by molar-refractivity contribution is 4.90. The van der Waals surface area contributed by atoms with Crippen molar-refractivity contribution in [3.63, 3.8) is 0 Å². The van der Waals surface area contributed by atoms with E-state index in [2.05, 4.69) is 0 Å². The first-order chi connectivity index (χ1) is 4.75. The van der Waals surface area contributed by atoms with Crippen molar-refractivity contribution < 1.29 is 5.11 Å². The minimum atomic E-state index is -0.771. The van der Waals surface area contributed by atoms with E-state index in [1.807, 2.05) is 41.5 Å². The Kier molecular flexibility index (Phi) is 3.13. The molecule has 1 nitrogen and oxygen atoms in total. The summed E-state index contributed by atoms with van der Waals surface area (Å²) in [6.07, 6.45) is 0.716. The van der Waals surface area contributed by atoms with Crippen LogP contribution in [0.1, 0.15) is 48.0 Å². The van der Waals surface area contributed by atoms with Crippen molar-refractivity contribution in [2.45, 2.75) is 53.6 Å². The Hall–Kier alpha value is -0.0400. The lowest BCUT2D eigenvalue weighted by molar-refractivity contribution is -0.517. The molecule has 0 saturated heterocycles. The van der Waals surface area contributed by atoms with Crippen LogP contribution in [0, 0.1) is 11.3 Å². The van der Waals surface area contributed by atoms with Crippen LogP contribution in [0.2, 0.25) is 0 Å². The standard InChI is InChI=1S/C10H21O/c1-7-10(11,8(2)3)9(4,5)6/h8H,7H2,1-6H3/q-1. The SMILES string of the molecule is CCC([O-])(C(C)C)C(C)(C)C. The fraction of sp³-hybridized carbons (Fsp3) is 1.00. The van der Waals surface area contributed by atoms with E-state index in [-0.39, 0.29) is 11.3 Å². The van der Waals surface area contributed by atoms with E-state index < -0.39 is 5.60 Å². The molecule has 0 N–H and O–H groups in total. The molecule has 0 amide bonds. The lowest BCUT2D eigenvalue weighted by Gasteiger charge is -2.54. The predicted molar refractivity (Wildman–Crippen MR) is 47.3 cm³/mol. The van der Waals surface area contributed by atoms with E-state index in [4.69, 9.17) is 0 Å². The van der Waals surface area contributed by atoms with Gasteiger partial charge in [-0.3, -0.25) is 0 Å². The molecule has 0 aliphatic carbocycles. The van der Waals surface area contributed by atoms with E-state index in [9.17, 15) is 5.11 Å². The van der Waals surface area contributed by atoms with Crippen molar-refractivity contribution in [2.24, 2.45) is 11.3 Å². The van der Waals surface area contributed by atoms with Crippen LogP contribution in [0.4, 0.5) is 0 Å². The van der Waals surface area contributed by atoms with Crippen LogP contribution in [-0.4, -0.2) is 5.60 Å². The molecule has 0 aromatic carbocycles. The Balaban J connectivity index is 4.61.